The zero-order valence-corrected chi connectivity index (χ0v) is 16.7. The molecular formula is C20H20F3N3O4. The second-order valence-corrected chi connectivity index (χ2v) is 5.50. The summed E-state index contributed by atoms with van der Waals surface area (Å²) in [6, 6.07) is 6.10. The fraction of sp³-hybridized carbons (Fsp3) is 0.250. The normalized spacial score (nSPS) is 10.6. The molecule has 0 aliphatic carbocycles. The lowest BCUT2D eigenvalue weighted by Gasteiger charge is -2.08. The number of hydrogen-bond acceptors (Lipinski definition) is 7. The number of nitrogens with one attached hydrogen (secondary N) is 1. The number of hydrogen-bond donors (Lipinski definition) is 1. The van der Waals surface area contributed by atoms with E-state index in [1.807, 2.05) is 13.8 Å². The quantitative estimate of drug-likeness (QED) is 0.556. The molecule has 0 aliphatic heterocycles. The van der Waals surface area contributed by atoms with Crippen molar-refractivity contribution < 1.29 is 31.9 Å². The number of anilines is 2. The van der Waals surface area contributed by atoms with Gasteiger partial charge in [-0.05, 0) is 12.1 Å². The first kappa shape index (κ1) is 22.7. The summed E-state index contributed by atoms with van der Waals surface area (Å²) in [5, 5.41) is 2.84. The zero-order valence-electron chi connectivity index (χ0n) is 16.7. The molecule has 0 radical (unpaired) electrons. The summed E-state index contributed by atoms with van der Waals surface area (Å²) in [6.07, 6.45) is -1.68. The van der Waals surface area contributed by atoms with Crippen LogP contribution >= 0.6 is 0 Å². The molecule has 10 heteroatoms. The molecule has 3 aromatic rings. The van der Waals surface area contributed by atoms with E-state index in [1.54, 1.807) is 0 Å². The van der Waals surface area contributed by atoms with Crippen molar-refractivity contribution in [2.75, 3.05) is 19.5 Å². The highest BCUT2D eigenvalue weighted by atomic mass is 19.4. The standard InChI is InChI=1S/C18H14F3N3O4.C2H6/c1-26-13-7-12(8-22-15(13)16(25)27-2)24-17-23-9-14(28-17)10-3-5-11(6-4-10)18(19,20)21;1-2/h3-9H,1-2H3,(H,23,24);1-2H3. The third-order valence-corrected chi connectivity index (χ3v) is 3.71. The largest absolute Gasteiger partial charge is 0.494 e. The summed E-state index contributed by atoms with van der Waals surface area (Å²) in [5.74, 6) is -0.183. The van der Waals surface area contributed by atoms with E-state index in [1.165, 1.54) is 44.8 Å². The van der Waals surface area contributed by atoms with Crippen molar-refractivity contribution in [3.05, 3.63) is 54.0 Å². The van der Waals surface area contributed by atoms with Gasteiger partial charge in [0.2, 0.25) is 0 Å². The van der Waals surface area contributed by atoms with E-state index in [-0.39, 0.29) is 23.2 Å². The minimum absolute atomic E-state index is 0.00778. The van der Waals surface area contributed by atoms with Crippen LogP contribution in [0.5, 0.6) is 5.75 Å². The van der Waals surface area contributed by atoms with Gasteiger partial charge in [-0.3, -0.25) is 0 Å². The molecule has 0 saturated carbocycles. The number of esters is 1. The highest BCUT2D eigenvalue weighted by Gasteiger charge is 2.30. The maximum atomic E-state index is 12.6. The van der Waals surface area contributed by atoms with Crippen LogP contribution in [0.2, 0.25) is 0 Å². The average Bonchev–Trinajstić information content (AvgIpc) is 3.22. The number of carbonyl (C=O) groups is 1. The summed E-state index contributed by atoms with van der Waals surface area (Å²) >= 11 is 0. The molecule has 0 fully saturated rings. The second-order valence-electron chi connectivity index (χ2n) is 5.50. The molecule has 30 heavy (non-hydrogen) atoms. The van der Waals surface area contributed by atoms with E-state index in [2.05, 4.69) is 20.0 Å². The van der Waals surface area contributed by atoms with Crippen molar-refractivity contribution >= 4 is 17.7 Å². The first-order valence-corrected chi connectivity index (χ1v) is 8.84. The van der Waals surface area contributed by atoms with Gasteiger partial charge in [0.1, 0.15) is 0 Å². The lowest BCUT2D eigenvalue weighted by Crippen LogP contribution is -2.07. The first-order valence-electron chi connectivity index (χ1n) is 8.84. The number of methoxy groups -OCH3 is 2. The molecule has 0 spiro atoms. The average molecular weight is 423 g/mol. The van der Waals surface area contributed by atoms with Crippen molar-refractivity contribution in [1.29, 1.82) is 0 Å². The van der Waals surface area contributed by atoms with Gasteiger partial charge in [-0.15, -0.1) is 0 Å². The maximum absolute atomic E-state index is 12.6. The molecule has 0 saturated heterocycles. The summed E-state index contributed by atoms with van der Waals surface area (Å²) in [4.78, 5) is 19.6. The number of benzene rings is 1. The monoisotopic (exact) mass is 423 g/mol. The first-order chi connectivity index (χ1) is 14.3. The predicted octanol–water partition coefficient (Wildman–Crippen LogP) is 5.32. The number of alkyl halides is 3. The van der Waals surface area contributed by atoms with Crippen LogP contribution in [0.25, 0.3) is 11.3 Å². The summed E-state index contributed by atoms with van der Waals surface area (Å²) in [7, 11) is 2.60. The van der Waals surface area contributed by atoms with Crippen molar-refractivity contribution in [2.45, 2.75) is 20.0 Å². The van der Waals surface area contributed by atoms with Crippen molar-refractivity contribution in [3.8, 4) is 17.1 Å². The van der Waals surface area contributed by atoms with Crippen LogP contribution in [0.4, 0.5) is 24.9 Å². The Hall–Kier alpha value is -3.56. The predicted molar refractivity (Wildman–Crippen MR) is 104 cm³/mol. The fourth-order valence-electron chi connectivity index (χ4n) is 2.33. The van der Waals surface area contributed by atoms with E-state index in [9.17, 15) is 18.0 Å². The number of aromatic nitrogens is 2. The molecule has 3 rings (SSSR count). The maximum Gasteiger partial charge on any atom is 0.416 e. The van der Waals surface area contributed by atoms with Gasteiger partial charge in [-0.1, -0.05) is 26.0 Å². The summed E-state index contributed by atoms with van der Waals surface area (Å²) in [5.41, 5.74) is 0.113. The molecule has 1 N–H and O–H groups in total. The fourth-order valence-corrected chi connectivity index (χ4v) is 2.33. The van der Waals surface area contributed by atoms with Crippen LogP contribution in [0.15, 0.2) is 47.1 Å². The van der Waals surface area contributed by atoms with Gasteiger partial charge in [-0.25, -0.2) is 14.8 Å². The molecule has 2 heterocycles. The number of nitrogens with zero attached hydrogens (tertiary/aromatic N) is 2. The Labute approximate surface area is 170 Å². The van der Waals surface area contributed by atoms with Crippen LogP contribution in [0.1, 0.15) is 29.9 Å². The van der Waals surface area contributed by atoms with Gasteiger partial charge in [0.25, 0.3) is 6.01 Å². The van der Waals surface area contributed by atoms with E-state index >= 15 is 0 Å². The van der Waals surface area contributed by atoms with Gasteiger partial charge < -0.3 is 19.2 Å². The Morgan fingerprint density at radius 3 is 2.30 bits per heavy atom. The Balaban J connectivity index is 0.00000155. The van der Waals surface area contributed by atoms with Crippen LogP contribution in [0, 0.1) is 0 Å². The minimum atomic E-state index is -4.41. The third-order valence-electron chi connectivity index (χ3n) is 3.71. The lowest BCUT2D eigenvalue weighted by molar-refractivity contribution is -0.137. The van der Waals surface area contributed by atoms with E-state index in [4.69, 9.17) is 9.15 Å². The zero-order chi connectivity index (χ0) is 22.3. The SMILES string of the molecule is CC.COC(=O)c1ncc(Nc2ncc(-c3ccc(C(F)(F)F)cc3)o2)cc1OC. The molecule has 7 nitrogen and oxygen atoms in total. The van der Waals surface area contributed by atoms with Gasteiger partial charge in [0.15, 0.2) is 17.2 Å². The molecule has 0 atom stereocenters. The van der Waals surface area contributed by atoms with Gasteiger partial charge in [0.05, 0.1) is 37.9 Å². The van der Waals surface area contributed by atoms with Crippen LogP contribution in [-0.4, -0.2) is 30.2 Å². The number of carbonyl (C=O) groups excluding carboxylic acids is 1. The molecule has 2 aromatic heterocycles. The highest BCUT2D eigenvalue weighted by molar-refractivity contribution is 5.90. The second kappa shape index (κ2) is 9.77. The van der Waals surface area contributed by atoms with Crippen molar-refractivity contribution in [2.24, 2.45) is 0 Å². The van der Waals surface area contributed by atoms with Crippen LogP contribution < -0.4 is 10.1 Å². The topological polar surface area (TPSA) is 86.5 Å². The number of rotatable bonds is 5. The number of pyridine rings is 1. The smallest absolute Gasteiger partial charge is 0.416 e. The number of halogens is 3. The van der Waals surface area contributed by atoms with Gasteiger partial charge >= 0.3 is 12.1 Å². The number of ether oxygens (including phenoxy) is 2. The summed E-state index contributed by atoms with van der Waals surface area (Å²) in [6.45, 7) is 4.00. The Bertz CT molecular complexity index is 986. The Morgan fingerprint density at radius 2 is 1.73 bits per heavy atom. The molecule has 0 bridgehead atoms. The van der Waals surface area contributed by atoms with Crippen molar-refractivity contribution in [1.82, 2.24) is 9.97 Å². The highest BCUT2D eigenvalue weighted by Crippen LogP contribution is 2.32. The Kier molecular flexibility index (Phi) is 7.40. The lowest BCUT2D eigenvalue weighted by atomic mass is 10.1. The van der Waals surface area contributed by atoms with Crippen LogP contribution in [-0.2, 0) is 10.9 Å². The Morgan fingerprint density at radius 1 is 1.07 bits per heavy atom. The van der Waals surface area contributed by atoms with E-state index in [0.29, 0.717) is 11.3 Å². The van der Waals surface area contributed by atoms with E-state index in [0.717, 1.165) is 12.1 Å². The molecule has 0 unspecified atom stereocenters. The summed E-state index contributed by atoms with van der Waals surface area (Å²) < 4.78 is 53.2. The van der Waals surface area contributed by atoms with Gasteiger partial charge in [0, 0.05) is 11.6 Å². The van der Waals surface area contributed by atoms with Crippen molar-refractivity contribution in [3.63, 3.8) is 0 Å². The van der Waals surface area contributed by atoms with Crippen LogP contribution in [0.3, 0.4) is 0 Å². The molecule has 0 amide bonds. The minimum Gasteiger partial charge on any atom is -0.494 e. The third kappa shape index (κ3) is 5.28. The van der Waals surface area contributed by atoms with Gasteiger partial charge in [-0.2, -0.15) is 13.2 Å². The number of oxazole rings is 1. The molecule has 160 valence electrons. The molecule has 1 aromatic carbocycles. The molecule has 0 aliphatic rings. The van der Waals surface area contributed by atoms with E-state index < -0.39 is 17.7 Å². The molecular weight excluding hydrogens is 403 g/mol.